The minimum atomic E-state index is -0.608. The molecule has 0 fully saturated rings. The fourth-order valence-corrected chi connectivity index (χ4v) is 4.69. The third-order valence-corrected chi connectivity index (χ3v) is 6.79. The highest BCUT2D eigenvalue weighted by Crippen LogP contribution is 2.18. The predicted octanol–water partition coefficient (Wildman–Crippen LogP) is 6.62. The maximum Gasteiger partial charge on any atom is 0.407 e. The van der Waals surface area contributed by atoms with Gasteiger partial charge in [0.1, 0.15) is 17.0 Å². The molecule has 0 saturated carbocycles. The van der Waals surface area contributed by atoms with Gasteiger partial charge < -0.3 is 25.4 Å². The minimum absolute atomic E-state index is 0.0200. The number of hydrogen-bond donors (Lipinski definition) is 3. The Labute approximate surface area is 258 Å². The fourth-order valence-electron chi connectivity index (χ4n) is 4.69. The summed E-state index contributed by atoms with van der Waals surface area (Å²) in [6.45, 7) is 12.2. The Morgan fingerprint density at radius 2 is 1.19 bits per heavy atom. The Bertz CT molecular complexity index is 1050. The number of benzene rings is 2. The van der Waals surface area contributed by atoms with Gasteiger partial charge in [-0.15, -0.1) is 0 Å². The summed E-state index contributed by atoms with van der Waals surface area (Å²) in [5, 5.41) is 9.01. The molecule has 0 spiro atoms. The van der Waals surface area contributed by atoms with E-state index in [1.165, 1.54) is 11.1 Å². The summed E-state index contributed by atoms with van der Waals surface area (Å²) in [7, 11) is 0. The molecule has 0 aliphatic rings. The van der Waals surface area contributed by atoms with Crippen LogP contribution in [0.2, 0.25) is 0 Å². The van der Waals surface area contributed by atoms with Gasteiger partial charge in [-0.1, -0.05) is 60.7 Å². The highest BCUT2D eigenvalue weighted by atomic mass is 16.6. The van der Waals surface area contributed by atoms with Crippen LogP contribution in [0.3, 0.4) is 0 Å². The standard InChI is InChI=1S/C35H53N3O5/c1-34(2,3)42-32(40)37-25-23-30(38-33(41)43-35(4,5)6)18-13-24-36-26-31(39)29(21-19-27-14-9-7-10-15-27)22-20-28-16-11-8-12-17-28/h7-12,14-17,29-30,36H,13,18-26H2,1-6H3,(H,37,40)(H,38,41)/t30-/m0/s1. The molecular formula is C35H53N3O5. The van der Waals surface area contributed by atoms with Crippen LogP contribution >= 0.6 is 0 Å². The van der Waals surface area contributed by atoms with Crippen LogP contribution in [0.25, 0.3) is 0 Å². The number of hydrogen-bond acceptors (Lipinski definition) is 6. The van der Waals surface area contributed by atoms with Crippen LogP contribution in [-0.2, 0) is 27.1 Å². The summed E-state index contributed by atoms with van der Waals surface area (Å²) >= 11 is 0. The highest BCUT2D eigenvalue weighted by Gasteiger charge is 2.21. The Kier molecular flexibility index (Phi) is 15.2. The van der Waals surface area contributed by atoms with Gasteiger partial charge in [-0.3, -0.25) is 4.79 Å². The third-order valence-electron chi connectivity index (χ3n) is 6.79. The third kappa shape index (κ3) is 17.4. The number of ether oxygens (including phenoxy) is 2. The molecule has 3 N–H and O–H groups in total. The zero-order chi connectivity index (χ0) is 31.7. The SMILES string of the molecule is CC(C)(C)OC(=O)NCC[C@H](CCCNCC(=O)C(CCc1ccccc1)CCc1ccccc1)NC(=O)OC(C)(C)C. The second-order valence-electron chi connectivity index (χ2n) is 13.1. The van der Waals surface area contributed by atoms with Crippen molar-refractivity contribution >= 4 is 18.0 Å². The highest BCUT2D eigenvalue weighted by molar-refractivity contribution is 5.83. The van der Waals surface area contributed by atoms with Crippen LogP contribution < -0.4 is 16.0 Å². The van der Waals surface area contributed by atoms with E-state index in [9.17, 15) is 14.4 Å². The smallest absolute Gasteiger partial charge is 0.407 e. The van der Waals surface area contributed by atoms with Gasteiger partial charge in [-0.25, -0.2) is 9.59 Å². The van der Waals surface area contributed by atoms with Gasteiger partial charge in [0.25, 0.3) is 0 Å². The largest absolute Gasteiger partial charge is 0.444 e. The maximum atomic E-state index is 13.3. The van der Waals surface area contributed by atoms with Gasteiger partial charge in [0.15, 0.2) is 0 Å². The molecule has 0 aliphatic heterocycles. The van der Waals surface area contributed by atoms with Gasteiger partial charge in [-0.05, 0) is 104 Å². The second kappa shape index (κ2) is 18.3. The molecule has 2 amide bonds. The van der Waals surface area contributed by atoms with Crippen LogP contribution in [0.1, 0.15) is 84.8 Å². The number of alkyl carbamates (subject to hydrolysis) is 2. The Morgan fingerprint density at radius 1 is 0.674 bits per heavy atom. The van der Waals surface area contributed by atoms with Crippen molar-refractivity contribution in [1.29, 1.82) is 0 Å². The van der Waals surface area contributed by atoms with E-state index in [0.29, 0.717) is 32.5 Å². The summed E-state index contributed by atoms with van der Waals surface area (Å²) in [6.07, 6.45) is 4.37. The summed E-state index contributed by atoms with van der Waals surface area (Å²) in [5.41, 5.74) is 1.31. The van der Waals surface area contributed by atoms with E-state index < -0.39 is 23.4 Å². The van der Waals surface area contributed by atoms with Crippen LogP contribution in [-0.4, -0.2) is 54.8 Å². The van der Waals surface area contributed by atoms with Crippen molar-refractivity contribution < 1.29 is 23.9 Å². The molecule has 8 heteroatoms. The zero-order valence-corrected chi connectivity index (χ0v) is 27.0. The first-order valence-electron chi connectivity index (χ1n) is 15.6. The molecule has 0 heterocycles. The number of amides is 2. The summed E-state index contributed by atoms with van der Waals surface area (Å²) in [5.74, 6) is 0.213. The molecule has 0 saturated heterocycles. The number of aryl methyl sites for hydroxylation is 2. The molecule has 2 rings (SSSR count). The number of ketones is 1. The van der Waals surface area contributed by atoms with Gasteiger partial charge in [0.2, 0.25) is 0 Å². The number of nitrogens with one attached hydrogen (secondary N) is 3. The second-order valence-corrected chi connectivity index (χ2v) is 13.1. The Morgan fingerprint density at radius 3 is 1.70 bits per heavy atom. The van der Waals surface area contributed by atoms with E-state index in [1.54, 1.807) is 0 Å². The van der Waals surface area contributed by atoms with E-state index in [-0.39, 0.29) is 17.7 Å². The topological polar surface area (TPSA) is 106 Å². The molecule has 0 aromatic heterocycles. The quantitative estimate of drug-likeness (QED) is 0.178. The van der Waals surface area contributed by atoms with E-state index in [1.807, 2.05) is 77.9 Å². The van der Waals surface area contributed by atoms with Gasteiger partial charge in [0.05, 0.1) is 6.54 Å². The number of carbonyl (C=O) groups is 3. The average Bonchev–Trinajstić information content (AvgIpc) is 2.91. The molecule has 0 aliphatic carbocycles. The fraction of sp³-hybridized carbons (Fsp3) is 0.571. The lowest BCUT2D eigenvalue weighted by Crippen LogP contribution is -2.42. The van der Waals surface area contributed by atoms with Crippen molar-refractivity contribution in [2.24, 2.45) is 5.92 Å². The van der Waals surface area contributed by atoms with Crippen molar-refractivity contribution in [2.45, 2.75) is 104 Å². The molecule has 0 radical (unpaired) electrons. The number of carbonyl (C=O) groups excluding carboxylic acids is 3. The first kappa shape index (κ1) is 35.8. The molecular weight excluding hydrogens is 542 g/mol. The van der Waals surface area contributed by atoms with Gasteiger partial charge in [0, 0.05) is 18.5 Å². The summed E-state index contributed by atoms with van der Waals surface area (Å²) in [4.78, 5) is 37.7. The number of rotatable bonds is 17. The van der Waals surface area contributed by atoms with Crippen molar-refractivity contribution in [1.82, 2.24) is 16.0 Å². The molecule has 238 valence electrons. The molecule has 43 heavy (non-hydrogen) atoms. The first-order chi connectivity index (χ1) is 20.3. The maximum absolute atomic E-state index is 13.3. The molecule has 0 bridgehead atoms. The van der Waals surface area contributed by atoms with Crippen molar-refractivity contribution in [3.8, 4) is 0 Å². The van der Waals surface area contributed by atoms with Gasteiger partial charge >= 0.3 is 12.2 Å². The van der Waals surface area contributed by atoms with Crippen molar-refractivity contribution in [3.63, 3.8) is 0 Å². The lowest BCUT2D eigenvalue weighted by Gasteiger charge is -2.24. The lowest BCUT2D eigenvalue weighted by molar-refractivity contribution is -0.122. The van der Waals surface area contributed by atoms with E-state index in [0.717, 1.165) is 32.1 Å². The minimum Gasteiger partial charge on any atom is -0.444 e. The van der Waals surface area contributed by atoms with Crippen LogP contribution in [0, 0.1) is 5.92 Å². The molecule has 2 aromatic rings. The van der Waals surface area contributed by atoms with E-state index in [4.69, 9.17) is 9.47 Å². The summed E-state index contributed by atoms with van der Waals surface area (Å²) < 4.78 is 10.7. The molecule has 2 aromatic carbocycles. The monoisotopic (exact) mass is 595 g/mol. The van der Waals surface area contributed by atoms with E-state index >= 15 is 0 Å². The van der Waals surface area contributed by atoms with Crippen LogP contribution in [0.15, 0.2) is 60.7 Å². The molecule has 8 nitrogen and oxygen atoms in total. The summed E-state index contributed by atoms with van der Waals surface area (Å²) in [6, 6.07) is 20.4. The van der Waals surface area contributed by atoms with Gasteiger partial charge in [-0.2, -0.15) is 0 Å². The lowest BCUT2D eigenvalue weighted by atomic mass is 9.89. The Hall–Kier alpha value is -3.39. The average molecular weight is 596 g/mol. The normalized spacial score (nSPS) is 12.4. The Balaban J connectivity index is 1.85. The molecule has 1 atom stereocenters. The van der Waals surface area contributed by atoms with Crippen LogP contribution in [0.4, 0.5) is 9.59 Å². The van der Waals surface area contributed by atoms with E-state index in [2.05, 4.69) is 40.2 Å². The van der Waals surface area contributed by atoms with Crippen LogP contribution in [0.5, 0.6) is 0 Å². The number of Topliss-reactive ketones (excluding diaryl/α,β-unsaturated/α-hetero) is 1. The first-order valence-corrected chi connectivity index (χ1v) is 15.6. The zero-order valence-electron chi connectivity index (χ0n) is 27.0. The predicted molar refractivity (Wildman–Crippen MR) is 172 cm³/mol. The van der Waals surface area contributed by atoms with Crippen molar-refractivity contribution in [2.75, 3.05) is 19.6 Å². The van der Waals surface area contributed by atoms with Crippen molar-refractivity contribution in [3.05, 3.63) is 71.8 Å². The molecule has 0 unspecified atom stereocenters.